The molecular weight excluding hydrogens is 246 g/mol. The zero-order valence-corrected chi connectivity index (χ0v) is 12.1. The van der Waals surface area contributed by atoms with Crippen LogP contribution in [0.25, 0.3) is 0 Å². The van der Waals surface area contributed by atoms with E-state index in [0.717, 1.165) is 41.4 Å². The Hall–Kier alpha value is -1.07. The van der Waals surface area contributed by atoms with E-state index in [1.54, 1.807) is 6.07 Å². The van der Waals surface area contributed by atoms with Gasteiger partial charge in [0.05, 0.1) is 4.88 Å². The van der Waals surface area contributed by atoms with E-state index >= 15 is 0 Å². The van der Waals surface area contributed by atoms with Crippen molar-refractivity contribution >= 4 is 22.9 Å². The zero-order chi connectivity index (χ0) is 13.3. The van der Waals surface area contributed by atoms with Crippen molar-refractivity contribution < 1.29 is 4.79 Å². The molecule has 0 atom stereocenters. The fourth-order valence-electron chi connectivity index (χ4n) is 2.34. The Morgan fingerprint density at radius 3 is 2.50 bits per heavy atom. The average molecular weight is 267 g/mol. The molecule has 1 fully saturated rings. The summed E-state index contributed by atoms with van der Waals surface area (Å²) in [6.07, 6.45) is 2.11. The largest absolute Gasteiger partial charge is 0.398 e. The van der Waals surface area contributed by atoms with E-state index in [1.807, 2.05) is 11.8 Å². The predicted molar refractivity (Wildman–Crippen MR) is 76.1 cm³/mol. The lowest BCUT2D eigenvalue weighted by Crippen LogP contribution is -2.44. The highest BCUT2D eigenvalue weighted by Crippen LogP contribution is 2.26. The molecule has 2 heterocycles. The van der Waals surface area contributed by atoms with Gasteiger partial charge in [0.2, 0.25) is 0 Å². The second-order valence-electron chi connectivity index (χ2n) is 5.11. The van der Waals surface area contributed by atoms with E-state index in [0.29, 0.717) is 6.04 Å². The molecule has 0 bridgehead atoms. The van der Waals surface area contributed by atoms with E-state index in [2.05, 4.69) is 19.0 Å². The van der Waals surface area contributed by atoms with Crippen molar-refractivity contribution in [3.8, 4) is 0 Å². The molecule has 0 saturated carbocycles. The Morgan fingerprint density at radius 2 is 2.06 bits per heavy atom. The molecule has 1 saturated heterocycles. The van der Waals surface area contributed by atoms with Crippen LogP contribution in [0.3, 0.4) is 0 Å². The molecule has 18 heavy (non-hydrogen) atoms. The van der Waals surface area contributed by atoms with Crippen LogP contribution in [0.1, 0.15) is 27.4 Å². The number of hydrogen-bond acceptors (Lipinski definition) is 4. The fraction of sp³-hybridized carbons (Fsp3) is 0.615. The van der Waals surface area contributed by atoms with Gasteiger partial charge in [-0.25, -0.2) is 0 Å². The predicted octanol–water partition coefficient (Wildman–Crippen LogP) is 1.80. The average Bonchev–Trinajstić information content (AvgIpc) is 2.69. The Balaban J connectivity index is 1.99. The van der Waals surface area contributed by atoms with Gasteiger partial charge in [0.25, 0.3) is 5.91 Å². The molecule has 1 amide bonds. The van der Waals surface area contributed by atoms with E-state index in [4.69, 9.17) is 5.73 Å². The van der Waals surface area contributed by atoms with E-state index < -0.39 is 0 Å². The molecule has 0 aliphatic carbocycles. The van der Waals surface area contributed by atoms with Crippen LogP contribution in [0.2, 0.25) is 0 Å². The smallest absolute Gasteiger partial charge is 0.264 e. The lowest BCUT2D eigenvalue weighted by atomic mass is 10.0. The SMILES string of the molecule is Cc1sc(C(=O)N2CCC(N(C)C)CC2)cc1N. The molecule has 2 rings (SSSR count). The van der Waals surface area contributed by atoms with Gasteiger partial charge in [0, 0.05) is 29.7 Å². The molecule has 1 aliphatic rings. The minimum Gasteiger partial charge on any atom is -0.398 e. The molecule has 5 heteroatoms. The van der Waals surface area contributed by atoms with Gasteiger partial charge in [0.15, 0.2) is 0 Å². The number of thiophene rings is 1. The third kappa shape index (κ3) is 2.67. The number of likely N-dealkylation sites (tertiary alicyclic amines) is 1. The molecule has 1 aliphatic heterocycles. The summed E-state index contributed by atoms with van der Waals surface area (Å²) < 4.78 is 0. The van der Waals surface area contributed by atoms with E-state index in [9.17, 15) is 4.79 Å². The van der Waals surface area contributed by atoms with Crippen molar-refractivity contribution in [1.29, 1.82) is 0 Å². The molecule has 0 aromatic carbocycles. The van der Waals surface area contributed by atoms with Crippen molar-refractivity contribution in [3.63, 3.8) is 0 Å². The van der Waals surface area contributed by atoms with Gasteiger partial charge < -0.3 is 15.5 Å². The summed E-state index contributed by atoms with van der Waals surface area (Å²) in [5, 5.41) is 0. The van der Waals surface area contributed by atoms with Crippen LogP contribution in [-0.2, 0) is 0 Å². The summed E-state index contributed by atoms with van der Waals surface area (Å²) in [6.45, 7) is 3.64. The Bertz CT molecular complexity index is 414. The van der Waals surface area contributed by atoms with Crippen molar-refractivity contribution in [3.05, 3.63) is 15.8 Å². The minimum absolute atomic E-state index is 0.136. The summed E-state index contributed by atoms with van der Waals surface area (Å²) in [5.41, 5.74) is 6.53. The number of aryl methyl sites for hydroxylation is 1. The first-order valence-corrected chi connectivity index (χ1v) is 7.12. The lowest BCUT2D eigenvalue weighted by molar-refractivity contribution is 0.0668. The summed E-state index contributed by atoms with van der Waals surface area (Å²) >= 11 is 1.50. The highest BCUT2D eigenvalue weighted by molar-refractivity contribution is 7.14. The van der Waals surface area contributed by atoms with Crippen LogP contribution in [0.4, 0.5) is 5.69 Å². The fourth-order valence-corrected chi connectivity index (χ4v) is 3.25. The normalized spacial score (nSPS) is 17.4. The molecule has 2 N–H and O–H groups in total. The van der Waals surface area contributed by atoms with Crippen molar-refractivity contribution in [2.45, 2.75) is 25.8 Å². The lowest BCUT2D eigenvalue weighted by Gasteiger charge is -2.35. The quantitative estimate of drug-likeness (QED) is 0.889. The van der Waals surface area contributed by atoms with Crippen LogP contribution in [-0.4, -0.2) is 48.9 Å². The number of nitrogens with zero attached hydrogens (tertiary/aromatic N) is 2. The first-order chi connectivity index (χ1) is 8.49. The first kappa shape index (κ1) is 13.4. The Kier molecular flexibility index (Phi) is 3.92. The van der Waals surface area contributed by atoms with Crippen LogP contribution >= 0.6 is 11.3 Å². The summed E-state index contributed by atoms with van der Waals surface area (Å²) in [7, 11) is 4.21. The second kappa shape index (κ2) is 5.28. The molecule has 1 aromatic rings. The van der Waals surface area contributed by atoms with Crippen LogP contribution in [0.15, 0.2) is 6.07 Å². The molecule has 0 radical (unpaired) electrons. The van der Waals surface area contributed by atoms with Crippen molar-refractivity contribution in [2.75, 3.05) is 32.9 Å². The van der Waals surface area contributed by atoms with Gasteiger partial charge in [-0.05, 0) is 39.9 Å². The number of nitrogens with two attached hydrogens (primary N) is 1. The molecule has 100 valence electrons. The van der Waals surface area contributed by atoms with Crippen LogP contribution < -0.4 is 5.73 Å². The zero-order valence-electron chi connectivity index (χ0n) is 11.3. The van der Waals surface area contributed by atoms with Crippen molar-refractivity contribution in [2.24, 2.45) is 0 Å². The number of piperidine rings is 1. The summed E-state index contributed by atoms with van der Waals surface area (Å²) in [5.74, 6) is 0.136. The monoisotopic (exact) mass is 267 g/mol. The highest BCUT2D eigenvalue weighted by Gasteiger charge is 2.25. The maximum Gasteiger partial charge on any atom is 0.264 e. The topological polar surface area (TPSA) is 49.6 Å². The maximum atomic E-state index is 12.3. The number of carbonyl (C=O) groups is 1. The number of rotatable bonds is 2. The first-order valence-electron chi connectivity index (χ1n) is 6.30. The maximum absolute atomic E-state index is 12.3. The van der Waals surface area contributed by atoms with Gasteiger partial charge in [-0.2, -0.15) is 0 Å². The van der Waals surface area contributed by atoms with Gasteiger partial charge in [-0.3, -0.25) is 4.79 Å². The van der Waals surface area contributed by atoms with Gasteiger partial charge in [0.1, 0.15) is 0 Å². The van der Waals surface area contributed by atoms with Gasteiger partial charge in [-0.1, -0.05) is 0 Å². The van der Waals surface area contributed by atoms with E-state index in [-0.39, 0.29) is 5.91 Å². The molecule has 1 aromatic heterocycles. The Labute approximate surface area is 112 Å². The van der Waals surface area contributed by atoms with E-state index in [1.165, 1.54) is 11.3 Å². The number of amides is 1. The van der Waals surface area contributed by atoms with Crippen molar-refractivity contribution in [1.82, 2.24) is 9.80 Å². The Morgan fingerprint density at radius 1 is 1.44 bits per heavy atom. The second-order valence-corrected chi connectivity index (χ2v) is 6.37. The standard InChI is InChI=1S/C13H21N3OS/c1-9-11(14)8-12(18-9)13(17)16-6-4-10(5-7-16)15(2)3/h8,10H,4-7,14H2,1-3H3. The third-order valence-electron chi connectivity index (χ3n) is 3.65. The molecule has 0 unspecified atom stereocenters. The highest BCUT2D eigenvalue weighted by atomic mass is 32.1. The third-order valence-corrected chi connectivity index (χ3v) is 4.70. The summed E-state index contributed by atoms with van der Waals surface area (Å²) in [4.78, 5) is 18.3. The van der Waals surface area contributed by atoms with Gasteiger partial charge in [-0.15, -0.1) is 11.3 Å². The molecule has 4 nitrogen and oxygen atoms in total. The molecular formula is C13H21N3OS. The summed E-state index contributed by atoms with van der Waals surface area (Å²) in [6, 6.07) is 2.41. The molecule has 0 spiro atoms. The number of carbonyl (C=O) groups excluding carboxylic acids is 1. The van der Waals surface area contributed by atoms with Crippen LogP contribution in [0, 0.1) is 6.92 Å². The number of anilines is 1. The minimum atomic E-state index is 0.136. The number of nitrogen functional groups attached to an aromatic ring is 1. The van der Waals surface area contributed by atoms with Gasteiger partial charge >= 0.3 is 0 Å². The van der Waals surface area contributed by atoms with Crippen LogP contribution in [0.5, 0.6) is 0 Å². The number of hydrogen-bond donors (Lipinski definition) is 1.